The number of nitrogens with zero attached hydrogens (tertiary/aromatic N) is 2. The van der Waals surface area contributed by atoms with Gasteiger partial charge in [0.05, 0.1) is 0 Å². The zero-order chi connectivity index (χ0) is 29.6. The summed E-state index contributed by atoms with van der Waals surface area (Å²) in [5.41, 5.74) is 1.38. The smallest absolute Gasteiger partial charge is 0.408 e. The SMILES string of the molecule is CC(CN1CCCC1)Oc1cc(Cl)ccc1C1CCN(C(=O)[C@@H](Cc2ccc(Cl)cc2)NC(=O)OC(C)(C)C)CC1. The van der Waals surface area contributed by atoms with E-state index in [1.165, 1.54) is 12.8 Å². The number of benzene rings is 2. The van der Waals surface area contributed by atoms with Crippen LogP contribution in [0.25, 0.3) is 0 Å². The number of halogens is 2. The van der Waals surface area contributed by atoms with E-state index in [2.05, 4.69) is 23.2 Å². The summed E-state index contributed by atoms with van der Waals surface area (Å²) in [5, 5.41) is 4.09. The number of alkyl carbamates (subject to hydrolysis) is 1. The average Bonchev–Trinajstić information content (AvgIpc) is 3.41. The van der Waals surface area contributed by atoms with Gasteiger partial charge >= 0.3 is 6.09 Å². The zero-order valence-electron chi connectivity index (χ0n) is 24.6. The molecular formula is C32H43Cl2N3O4. The minimum atomic E-state index is -0.747. The van der Waals surface area contributed by atoms with Crippen LogP contribution in [0.15, 0.2) is 42.5 Å². The summed E-state index contributed by atoms with van der Waals surface area (Å²) < 4.78 is 11.9. The molecule has 2 saturated heterocycles. The van der Waals surface area contributed by atoms with Gasteiger partial charge in [-0.05, 0) is 108 Å². The van der Waals surface area contributed by atoms with E-state index in [4.69, 9.17) is 32.7 Å². The summed E-state index contributed by atoms with van der Waals surface area (Å²) in [7, 11) is 0. The number of hydrogen-bond donors (Lipinski definition) is 1. The van der Waals surface area contributed by atoms with E-state index in [1.807, 2.05) is 29.2 Å². The second kappa shape index (κ2) is 14.1. The summed E-state index contributed by atoms with van der Waals surface area (Å²) in [6.45, 7) is 11.8. The molecule has 9 heteroatoms. The van der Waals surface area contributed by atoms with Crippen LogP contribution in [0.4, 0.5) is 4.79 Å². The Morgan fingerprint density at radius 2 is 1.61 bits per heavy atom. The Labute approximate surface area is 254 Å². The number of carbonyl (C=O) groups excluding carboxylic acids is 2. The van der Waals surface area contributed by atoms with Gasteiger partial charge in [-0.3, -0.25) is 9.69 Å². The Morgan fingerprint density at radius 1 is 0.976 bits per heavy atom. The van der Waals surface area contributed by atoms with Gasteiger partial charge in [-0.15, -0.1) is 0 Å². The third kappa shape index (κ3) is 9.52. The fraction of sp³-hybridized carbons (Fsp3) is 0.562. The number of rotatable bonds is 9. The third-order valence-corrected chi connectivity index (χ3v) is 8.09. The number of ether oxygens (including phenoxy) is 2. The van der Waals surface area contributed by atoms with Gasteiger partial charge in [0.15, 0.2) is 0 Å². The van der Waals surface area contributed by atoms with Gasteiger partial charge in [-0.25, -0.2) is 4.79 Å². The summed E-state index contributed by atoms with van der Waals surface area (Å²) >= 11 is 12.4. The second-order valence-electron chi connectivity index (χ2n) is 12.2. The maximum absolute atomic E-state index is 13.7. The maximum Gasteiger partial charge on any atom is 0.408 e. The molecule has 2 amide bonds. The van der Waals surface area contributed by atoms with Crippen molar-refractivity contribution in [2.24, 2.45) is 0 Å². The molecule has 224 valence electrons. The topological polar surface area (TPSA) is 71.1 Å². The van der Waals surface area contributed by atoms with Gasteiger partial charge in [0, 0.05) is 36.1 Å². The van der Waals surface area contributed by atoms with E-state index in [-0.39, 0.29) is 17.9 Å². The lowest BCUT2D eigenvalue weighted by Crippen LogP contribution is -2.52. The minimum absolute atomic E-state index is 0.0551. The average molecular weight is 605 g/mol. The van der Waals surface area contributed by atoms with Gasteiger partial charge in [-0.2, -0.15) is 0 Å². The highest BCUT2D eigenvalue weighted by Gasteiger charge is 2.32. The molecule has 2 fully saturated rings. The zero-order valence-corrected chi connectivity index (χ0v) is 26.1. The van der Waals surface area contributed by atoms with E-state index in [1.54, 1.807) is 32.9 Å². The molecule has 2 aromatic carbocycles. The Hall–Kier alpha value is -2.48. The van der Waals surface area contributed by atoms with Crippen LogP contribution in [0.3, 0.4) is 0 Å². The van der Waals surface area contributed by atoms with Gasteiger partial charge in [0.2, 0.25) is 5.91 Å². The number of likely N-dealkylation sites (tertiary alicyclic amines) is 2. The second-order valence-corrected chi connectivity index (χ2v) is 13.1. The van der Waals surface area contributed by atoms with Crippen LogP contribution < -0.4 is 10.1 Å². The number of carbonyl (C=O) groups is 2. The van der Waals surface area contributed by atoms with Crippen molar-refractivity contribution in [2.75, 3.05) is 32.7 Å². The largest absolute Gasteiger partial charge is 0.489 e. The molecule has 1 N–H and O–H groups in total. The molecule has 1 unspecified atom stereocenters. The van der Waals surface area contributed by atoms with Crippen molar-refractivity contribution in [3.05, 3.63) is 63.6 Å². The molecule has 0 bridgehead atoms. The molecule has 41 heavy (non-hydrogen) atoms. The van der Waals surface area contributed by atoms with Gasteiger partial charge in [0.25, 0.3) is 0 Å². The summed E-state index contributed by atoms with van der Waals surface area (Å²) in [5.74, 6) is 0.969. The van der Waals surface area contributed by atoms with E-state index in [9.17, 15) is 9.59 Å². The molecular weight excluding hydrogens is 561 g/mol. The summed E-state index contributed by atoms with van der Waals surface area (Å²) in [4.78, 5) is 30.7. The first kappa shape index (κ1) is 31.5. The standard InChI is InChI=1S/C32H43Cl2N3O4/c1-22(21-36-15-5-6-16-36)40-29-20-26(34)11-12-27(29)24-13-17-37(18-14-24)30(38)28(35-31(39)41-32(2,3)4)19-23-7-9-25(33)10-8-23/h7-12,20,22,24,28H,5-6,13-19,21H2,1-4H3,(H,35,39)/t22?,28-/m1/s1. The summed E-state index contributed by atoms with van der Waals surface area (Å²) in [6.07, 6.45) is 3.89. The fourth-order valence-electron chi connectivity index (χ4n) is 5.67. The highest BCUT2D eigenvalue weighted by molar-refractivity contribution is 6.31. The van der Waals surface area contributed by atoms with E-state index < -0.39 is 17.7 Å². The first-order valence-electron chi connectivity index (χ1n) is 14.7. The predicted octanol–water partition coefficient (Wildman–Crippen LogP) is 6.70. The van der Waals surface area contributed by atoms with Crippen LogP contribution in [-0.2, 0) is 16.0 Å². The molecule has 2 atom stereocenters. The van der Waals surface area contributed by atoms with Gasteiger partial charge in [-0.1, -0.05) is 41.4 Å². The van der Waals surface area contributed by atoms with E-state index >= 15 is 0 Å². The lowest BCUT2D eigenvalue weighted by atomic mass is 9.88. The predicted molar refractivity (Wildman–Crippen MR) is 164 cm³/mol. The number of hydrogen-bond acceptors (Lipinski definition) is 5. The first-order chi connectivity index (χ1) is 19.5. The lowest BCUT2D eigenvalue weighted by molar-refractivity contribution is -0.134. The van der Waals surface area contributed by atoms with Crippen molar-refractivity contribution in [1.82, 2.24) is 15.1 Å². The van der Waals surface area contributed by atoms with Crippen LogP contribution in [0.5, 0.6) is 5.75 Å². The van der Waals surface area contributed by atoms with Crippen molar-refractivity contribution < 1.29 is 19.1 Å². The molecule has 7 nitrogen and oxygen atoms in total. The first-order valence-corrected chi connectivity index (χ1v) is 15.4. The van der Waals surface area contributed by atoms with Crippen molar-refractivity contribution in [3.8, 4) is 5.75 Å². The number of piperidine rings is 1. The van der Waals surface area contributed by atoms with E-state index in [0.29, 0.717) is 29.6 Å². The maximum atomic E-state index is 13.7. The van der Waals surface area contributed by atoms with Gasteiger partial charge < -0.3 is 19.7 Å². The number of amides is 2. The van der Waals surface area contributed by atoms with Crippen molar-refractivity contribution in [3.63, 3.8) is 0 Å². The molecule has 0 aromatic heterocycles. The normalized spacial score (nSPS) is 18.1. The monoisotopic (exact) mass is 603 g/mol. The van der Waals surface area contributed by atoms with Crippen LogP contribution >= 0.6 is 23.2 Å². The highest BCUT2D eigenvalue weighted by Crippen LogP contribution is 2.37. The van der Waals surface area contributed by atoms with Crippen LogP contribution in [0, 0.1) is 0 Å². The van der Waals surface area contributed by atoms with Crippen molar-refractivity contribution in [1.29, 1.82) is 0 Å². The fourth-order valence-corrected chi connectivity index (χ4v) is 5.96. The van der Waals surface area contributed by atoms with Crippen molar-refractivity contribution >= 4 is 35.2 Å². The number of nitrogens with one attached hydrogen (secondary N) is 1. The van der Waals surface area contributed by atoms with E-state index in [0.717, 1.165) is 49.4 Å². The van der Waals surface area contributed by atoms with Crippen LogP contribution in [0.1, 0.15) is 70.4 Å². The molecule has 2 aliphatic heterocycles. The minimum Gasteiger partial charge on any atom is -0.489 e. The molecule has 0 spiro atoms. The third-order valence-electron chi connectivity index (χ3n) is 7.61. The molecule has 2 aromatic rings. The van der Waals surface area contributed by atoms with Crippen LogP contribution in [-0.4, -0.2) is 72.3 Å². The molecule has 4 rings (SSSR count). The van der Waals surface area contributed by atoms with Crippen LogP contribution in [0.2, 0.25) is 10.0 Å². The Balaban J connectivity index is 1.41. The molecule has 0 aliphatic carbocycles. The Bertz CT molecular complexity index is 1170. The summed E-state index contributed by atoms with van der Waals surface area (Å²) in [6, 6.07) is 12.5. The van der Waals surface area contributed by atoms with Gasteiger partial charge in [0.1, 0.15) is 23.5 Å². The molecule has 2 aliphatic rings. The quantitative estimate of drug-likeness (QED) is 0.345. The molecule has 2 heterocycles. The molecule has 0 saturated carbocycles. The highest BCUT2D eigenvalue weighted by atomic mass is 35.5. The lowest BCUT2D eigenvalue weighted by Gasteiger charge is -2.35. The Kier molecular flexibility index (Phi) is 10.8. The Morgan fingerprint density at radius 3 is 2.24 bits per heavy atom. The van der Waals surface area contributed by atoms with Crippen molar-refractivity contribution in [2.45, 2.75) is 83.5 Å². The molecule has 0 radical (unpaired) electrons.